The van der Waals surface area contributed by atoms with Gasteiger partial charge in [0.2, 0.25) is 5.91 Å². The molecule has 0 saturated heterocycles. The average Bonchev–Trinajstić information content (AvgIpc) is 3.08. The third kappa shape index (κ3) is 4.98. The van der Waals surface area contributed by atoms with E-state index in [0.29, 0.717) is 0 Å². The third-order valence-electron chi connectivity index (χ3n) is 6.68. The van der Waals surface area contributed by atoms with Gasteiger partial charge in [-0.2, -0.15) is 0 Å². The van der Waals surface area contributed by atoms with Crippen LogP contribution in [-0.2, 0) is 30.7 Å². The number of hydrogen-bond donors (Lipinski definition) is 1. The van der Waals surface area contributed by atoms with E-state index in [-0.39, 0.29) is 17.9 Å². The first-order valence-corrected chi connectivity index (χ1v) is 12.3. The van der Waals surface area contributed by atoms with Crippen molar-refractivity contribution in [1.82, 2.24) is 25.0 Å². The molecule has 2 aromatic rings. The molecule has 1 aromatic carbocycles. The second-order valence-electron chi connectivity index (χ2n) is 9.59. The first-order chi connectivity index (χ1) is 15.5. The van der Waals surface area contributed by atoms with E-state index in [1.807, 2.05) is 20.8 Å². The topological polar surface area (TPSA) is 66.3 Å². The predicted molar refractivity (Wildman–Crippen MR) is 128 cm³/mol. The molecule has 0 spiro atoms. The molecule has 1 atom stereocenters. The average molecular weight is 439 g/mol. The number of aryl methyl sites for hydroxylation is 1. The van der Waals surface area contributed by atoms with E-state index in [1.165, 1.54) is 42.6 Å². The smallest absolute Gasteiger partial charge is 0.223 e. The maximum Gasteiger partial charge on any atom is 0.223 e. The summed E-state index contributed by atoms with van der Waals surface area (Å²) in [5.41, 5.74) is 4.34. The number of carbonyl (C=O) groups excluding carboxylic acids is 1. The Morgan fingerprint density at radius 3 is 2.72 bits per heavy atom. The number of aromatic nitrogens is 3. The molecule has 1 aromatic heterocycles. The zero-order valence-electron chi connectivity index (χ0n) is 20.1. The van der Waals surface area contributed by atoms with Gasteiger partial charge in [-0.15, -0.1) is 10.2 Å². The number of carbonyl (C=O) groups is 1. The first kappa shape index (κ1) is 22.8. The monoisotopic (exact) mass is 438 g/mol. The second kappa shape index (κ2) is 10.0. The SMILES string of the molecule is CCCN1CCCc2cc(CN3CCc4nnc(C(C)NC(=O)C(C)C)n4CC3)ccc21. The molecule has 2 aliphatic heterocycles. The lowest BCUT2D eigenvalue weighted by molar-refractivity contribution is -0.124. The fourth-order valence-electron chi connectivity index (χ4n) is 4.90. The Morgan fingerprint density at radius 2 is 1.94 bits per heavy atom. The van der Waals surface area contributed by atoms with Crippen molar-refractivity contribution >= 4 is 11.6 Å². The highest BCUT2D eigenvalue weighted by atomic mass is 16.1. The van der Waals surface area contributed by atoms with Crippen LogP contribution in [0.25, 0.3) is 0 Å². The van der Waals surface area contributed by atoms with Gasteiger partial charge < -0.3 is 14.8 Å². The first-order valence-electron chi connectivity index (χ1n) is 12.3. The van der Waals surface area contributed by atoms with Crippen LogP contribution in [0.15, 0.2) is 18.2 Å². The van der Waals surface area contributed by atoms with Crippen molar-refractivity contribution in [2.45, 2.75) is 72.5 Å². The summed E-state index contributed by atoms with van der Waals surface area (Å²) in [6, 6.07) is 6.94. The number of amides is 1. The molecule has 2 aliphatic rings. The third-order valence-corrected chi connectivity index (χ3v) is 6.68. The fraction of sp³-hybridized carbons (Fsp3) is 0.640. The Hall–Kier alpha value is -2.41. The van der Waals surface area contributed by atoms with Crippen LogP contribution in [0.2, 0.25) is 0 Å². The van der Waals surface area contributed by atoms with Gasteiger partial charge in [0.25, 0.3) is 0 Å². The molecule has 1 amide bonds. The lowest BCUT2D eigenvalue weighted by Gasteiger charge is -2.31. The van der Waals surface area contributed by atoms with Gasteiger partial charge in [-0.1, -0.05) is 32.9 Å². The van der Waals surface area contributed by atoms with E-state index >= 15 is 0 Å². The molecular formula is C25H38N6O. The van der Waals surface area contributed by atoms with E-state index in [2.05, 4.69) is 55.0 Å². The largest absolute Gasteiger partial charge is 0.371 e. The van der Waals surface area contributed by atoms with Crippen molar-refractivity contribution in [3.63, 3.8) is 0 Å². The van der Waals surface area contributed by atoms with E-state index in [1.54, 1.807) is 0 Å². The van der Waals surface area contributed by atoms with E-state index in [0.717, 1.165) is 50.8 Å². The molecular weight excluding hydrogens is 400 g/mol. The summed E-state index contributed by atoms with van der Waals surface area (Å²) in [6.45, 7) is 14.2. The van der Waals surface area contributed by atoms with E-state index in [4.69, 9.17) is 0 Å². The van der Waals surface area contributed by atoms with Crippen molar-refractivity contribution in [3.05, 3.63) is 41.0 Å². The number of fused-ring (bicyclic) bond motifs is 2. The minimum atomic E-state index is -0.135. The highest BCUT2D eigenvalue weighted by molar-refractivity contribution is 5.78. The van der Waals surface area contributed by atoms with Gasteiger partial charge in [-0.25, -0.2) is 0 Å². The quantitative estimate of drug-likeness (QED) is 0.718. The Bertz CT molecular complexity index is 937. The van der Waals surface area contributed by atoms with E-state index in [9.17, 15) is 4.79 Å². The highest BCUT2D eigenvalue weighted by Crippen LogP contribution is 2.29. The number of nitrogens with one attached hydrogen (secondary N) is 1. The Balaban J connectivity index is 1.40. The summed E-state index contributed by atoms with van der Waals surface area (Å²) >= 11 is 0. The predicted octanol–water partition coefficient (Wildman–Crippen LogP) is 3.33. The number of rotatable bonds is 7. The highest BCUT2D eigenvalue weighted by Gasteiger charge is 2.24. The van der Waals surface area contributed by atoms with Gasteiger partial charge in [0.05, 0.1) is 6.04 Å². The Morgan fingerprint density at radius 1 is 1.09 bits per heavy atom. The van der Waals surface area contributed by atoms with Gasteiger partial charge in [-0.3, -0.25) is 9.69 Å². The van der Waals surface area contributed by atoms with Crippen LogP contribution < -0.4 is 10.2 Å². The van der Waals surface area contributed by atoms with Crippen LogP contribution in [-0.4, -0.2) is 51.8 Å². The molecule has 0 fully saturated rings. The molecule has 1 unspecified atom stereocenters. The van der Waals surface area contributed by atoms with Crippen molar-refractivity contribution in [2.75, 3.05) is 31.1 Å². The van der Waals surface area contributed by atoms with Crippen LogP contribution >= 0.6 is 0 Å². The Kier molecular flexibility index (Phi) is 7.13. The Labute approximate surface area is 192 Å². The molecule has 7 nitrogen and oxygen atoms in total. The van der Waals surface area contributed by atoms with Gasteiger partial charge in [0, 0.05) is 57.3 Å². The molecule has 0 saturated carbocycles. The lowest BCUT2D eigenvalue weighted by Crippen LogP contribution is -2.32. The van der Waals surface area contributed by atoms with Crippen molar-refractivity contribution in [2.24, 2.45) is 5.92 Å². The molecule has 1 N–H and O–H groups in total. The van der Waals surface area contributed by atoms with E-state index < -0.39 is 0 Å². The maximum atomic E-state index is 12.1. The van der Waals surface area contributed by atoms with Crippen LogP contribution in [0, 0.1) is 5.92 Å². The summed E-state index contributed by atoms with van der Waals surface area (Å²) < 4.78 is 2.21. The second-order valence-corrected chi connectivity index (χ2v) is 9.59. The van der Waals surface area contributed by atoms with Gasteiger partial charge in [0.15, 0.2) is 5.82 Å². The van der Waals surface area contributed by atoms with Gasteiger partial charge >= 0.3 is 0 Å². The van der Waals surface area contributed by atoms with Crippen molar-refractivity contribution in [3.8, 4) is 0 Å². The summed E-state index contributed by atoms with van der Waals surface area (Å²) in [6.07, 6.45) is 4.52. The van der Waals surface area contributed by atoms with Crippen LogP contribution in [0.5, 0.6) is 0 Å². The lowest BCUT2D eigenvalue weighted by atomic mass is 9.98. The summed E-state index contributed by atoms with van der Waals surface area (Å²) in [5.74, 6) is 1.90. The summed E-state index contributed by atoms with van der Waals surface area (Å²) in [5, 5.41) is 11.9. The fourth-order valence-corrected chi connectivity index (χ4v) is 4.90. The maximum absolute atomic E-state index is 12.1. The van der Waals surface area contributed by atoms with Crippen LogP contribution in [0.1, 0.15) is 69.4 Å². The molecule has 0 radical (unpaired) electrons. The van der Waals surface area contributed by atoms with Crippen LogP contribution in [0.3, 0.4) is 0 Å². The molecule has 32 heavy (non-hydrogen) atoms. The minimum Gasteiger partial charge on any atom is -0.371 e. The standard InChI is InChI=1S/C25H38N6O/c1-5-11-30-12-6-7-21-16-20(8-9-22(21)30)17-29-13-10-23-27-28-24(31(23)15-14-29)19(4)26-25(32)18(2)3/h8-9,16,18-19H,5-7,10-15,17H2,1-4H3,(H,26,32). The molecule has 0 bridgehead atoms. The summed E-state index contributed by atoms with van der Waals surface area (Å²) in [4.78, 5) is 17.2. The zero-order chi connectivity index (χ0) is 22.7. The van der Waals surface area contributed by atoms with Gasteiger partial charge in [0.1, 0.15) is 5.82 Å². The number of nitrogens with zero attached hydrogens (tertiary/aromatic N) is 5. The molecule has 174 valence electrons. The molecule has 0 aliphatic carbocycles. The van der Waals surface area contributed by atoms with Gasteiger partial charge in [-0.05, 0) is 43.4 Å². The van der Waals surface area contributed by atoms with Crippen molar-refractivity contribution in [1.29, 1.82) is 0 Å². The molecule has 4 rings (SSSR count). The molecule has 3 heterocycles. The number of benzene rings is 1. The van der Waals surface area contributed by atoms with Crippen LogP contribution in [0.4, 0.5) is 5.69 Å². The normalized spacial score (nSPS) is 17.6. The number of anilines is 1. The number of hydrogen-bond acceptors (Lipinski definition) is 5. The van der Waals surface area contributed by atoms with Crippen molar-refractivity contribution < 1.29 is 4.79 Å². The molecule has 7 heteroatoms. The zero-order valence-corrected chi connectivity index (χ0v) is 20.1. The summed E-state index contributed by atoms with van der Waals surface area (Å²) in [7, 11) is 0. The minimum absolute atomic E-state index is 0.0369.